The number of likely N-dealkylation sites (tertiary alicyclic amines) is 1. The van der Waals surface area contributed by atoms with Crippen LogP contribution in [0.3, 0.4) is 0 Å². The Morgan fingerprint density at radius 2 is 1.93 bits per heavy atom. The molecule has 0 spiro atoms. The Bertz CT molecular complexity index is 1040. The monoisotopic (exact) mass is 413 g/mol. The summed E-state index contributed by atoms with van der Waals surface area (Å²) in [6.45, 7) is 0.644. The van der Waals surface area contributed by atoms with Crippen molar-refractivity contribution in [3.8, 4) is 5.69 Å². The third-order valence-electron chi connectivity index (χ3n) is 5.51. The highest BCUT2D eigenvalue weighted by Crippen LogP contribution is 2.40. The second-order valence-electron chi connectivity index (χ2n) is 7.29. The number of rotatable bonds is 4. The molecule has 3 aromatic rings. The molecule has 1 saturated heterocycles. The van der Waals surface area contributed by atoms with Crippen molar-refractivity contribution in [1.82, 2.24) is 29.9 Å². The number of halogens is 2. The summed E-state index contributed by atoms with van der Waals surface area (Å²) in [7, 11) is 0. The van der Waals surface area contributed by atoms with E-state index in [9.17, 15) is 9.18 Å². The first kappa shape index (κ1) is 18.0. The van der Waals surface area contributed by atoms with Gasteiger partial charge in [-0.15, -0.1) is 4.80 Å². The summed E-state index contributed by atoms with van der Waals surface area (Å²) in [5.74, 6) is 0.0913. The average Bonchev–Trinajstić information content (AvgIpc) is 3.46. The number of aromatic nitrogens is 5. The largest absolute Gasteiger partial charge is 0.349 e. The number of hydrogen-bond acceptors (Lipinski definition) is 6. The molecule has 0 unspecified atom stereocenters. The van der Waals surface area contributed by atoms with Crippen molar-refractivity contribution in [2.24, 2.45) is 5.92 Å². The van der Waals surface area contributed by atoms with E-state index in [1.807, 2.05) is 4.90 Å². The van der Waals surface area contributed by atoms with E-state index in [1.165, 1.54) is 36.9 Å². The van der Waals surface area contributed by atoms with Crippen molar-refractivity contribution in [2.75, 3.05) is 11.9 Å². The lowest BCUT2D eigenvalue weighted by atomic mass is 10.0. The molecule has 3 heterocycles. The first-order valence-corrected chi connectivity index (χ1v) is 9.68. The standard InChI is InChI=1S/C19H17ClFN7O/c20-12-8-22-19(23-9-12)26-15-6-11-7-16(15)27(10-11)18(29)13-2-1-3-14(21)17(13)28-24-4-5-25-28/h1-5,8-9,11,15-16H,6-7,10H2,(H,22,23,26)/t11-,15+,16-/m0/s1. The molecule has 1 aromatic carbocycles. The lowest BCUT2D eigenvalue weighted by Gasteiger charge is -2.34. The zero-order chi connectivity index (χ0) is 20.0. The summed E-state index contributed by atoms with van der Waals surface area (Å²) >= 11 is 5.85. The number of nitrogens with zero attached hydrogens (tertiary/aromatic N) is 6. The Hall–Kier alpha value is -3.07. The highest BCUT2D eigenvalue weighted by atomic mass is 35.5. The predicted octanol–water partition coefficient (Wildman–Crippen LogP) is 2.56. The second-order valence-corrected chi connectivity index (χ2v) is 7.73. The quantitative estimate of drug-likeness (QED) is 0.707. The average molecular weight is 414 g/mol. The molecule has 3 atom stereocenters. The van der Waals surface area contributed by atoms with Gasteiger partial charge in [0.05, 0.1) is 41.4 Å². The minimum Gasteiger partial charge on any atom is -0.349 e. The number of anilines is 1. The van der Waals surface area contributed by atoms with Gasteiger partial charge in [0.1, 0.15) is 5.69 Å². The van der Waals surface area contributed by atoms with Gasteiger partial charge in [-0.1, -0.05) is 17.7 Å². The smallest absolute Gasteiger partial charge is 0.256 e. The first-order valence-electron chi connectivity index (χ1n) is 9.30. The van der Waals surface area contributed by atoms with Crippen molar-refractivity contribution >= 4 is 23.5 Å². The lowest BCUT2D eigenvalue weighted by molar-refractivity contribution is 0.0691. The van der Waals surface area contributed by atoms with Crippen LogP contribution in [-0.4, -0.2) is 54.4 Å². The maximum absolute atomic E-state index is 14.5. The summed E-state index contributed by atoms with van der Waals surface area (Å²) in [4.78, 5) is 24.7. The van der Waals surface area contributed by atoms with E-state index >= 15 is 0 Å². The number of benzene rings is 1. The van der Waals surface area contributed by atoms with E-state index < -0.39 is 5.82 Å². The van der Waals surface area contributed by atoms with E-state index in [0.717, 1.165) is 17.6 Å². The predicted molar refractivity (Wildman–Crippen MR) is 103 cm³/mol. The van der Waals surface area contributed by atoms with Crippen LogP contribution in [0.5, 0.6) is 0 Å². The summed E-state index contributed by atoms with van der Waals surface area (Å²) in [6.07, 6.45) is 7.78. The minimum atomic E-state index is -0.541. The van der Waals surface area contributed by atoms with Gasteiger partial charge in [0.15, 0.2) is 5.82 Å². The number of amides is 1. The van der Waals surface area contributed by atoms with Gasteiger partial charge in [-0.05, 0) is 30.9 Å². The fraction of sp³-hybridized carbons (Fsp3) is 0.316. The number of hydrogen-bond donors (Lipinski definition) is 1. The van der Waals surface area contributed by atoms with Gasteiger partial charge in [0.2, 0.25) is 5.95 Å². The van der Waals surface area contributed by atoms with Crippen LogP contribution in [0.4, 0.5) is 10.3 Å². The van der Waals surface area contributed by atoms with E-state index in [-0.39, 0.29) is 29.2 Å². The minimum absolute atomic E-state index is 0.0199. The molecule has 1 aliphatic heterocycles. The first-order chi connectivity index (χ1) is 14.1. The molecule has 5 rings (SSSR count). The number of para-hydroxylation sites is 1. The fourth-order valence-electron chi connectivity index (χ4n) is 4.34. The van der Waals surface area contributed by atoms with Crippen LogP contribution in [0, 0.1) is 11.7 Å². The van der Waals surface area contributed by atoms with E-state index in [4.69, 9.17) is 11.6 Å². The number of nitrogens with one attached hydrogen (secondary N) is 1. The molecular weight excluding hydrogens is 397 g/mol. The molecule has 0 radical (unpaired) electrons. The van der Waals surface area contributed by atoms with Crippen molar-refractivity contribution in [3.05, 3.63) is 59.4 Å². The Morgan fingerprint density at radius 3 is 2.66 bits per heavy atom. The van der Waals surface area contributed by atoms with E-state index in [2.05, 4.69) is 25.5 Å². The van der Waals surface area contributed by atoms with Crippen LogP contribution in [0.1, 0.15) is 23.2 Å². The van der Waals surface area contributed by atoms with Crippen molar-refractivity contribution in [2.45, 2.75) is 24.9 Å². The van der Waals surface area contributed by atoms with Gasteiger partial charge in [-0.2, -0.15) is 10.2 Å². The van der Waals surface area contributed by atoms with Gasteiger partial charge in [0, 0.05) is 12.6 Å². The molecule has 1 aliphatic carbocycles. The van der Waals surface area contributed by atoms with E-state index in [0.29, 0.717) is 23.4 Å². The normalized spacial score (nSPS) is 22.8. The Morgan fingerprint density at radius 1 is 1.17 bits per heavy atom. The Labute approximate surface area is 170 Å². The summed E-state index contributed by atoms with van der Waals surface area (Å²) in [5.41, 5.74) is 0.311. The summed E-state index contributed by atoms with van der Waals surface area (Å²) in [5, 5.41) is 11.8. The van der Waals surface area contributed by atoms with Crippen LogP contribution < -0.4 is 5.32 Å². The molecule has 8 nitrogen and oxygen atoms in total. The molecule has 29 heavy (non-hydrogen) atoms. The lowest BCUT2D eigenvalue weighted by Crippen LogP contribution is -2.48. The Balaban J connectivity index is 1.41. The maximum atomic E-state index is 14.5. The molecule has 10 heteroatoms. The highest BCUT2D eigenvalue weighted by Gasteiger charge is 2.47. The van der Waals surface area contributed by atoms with Gasteiger partial charge in [-0.3, -0.25) is 4.79 Å². The zero-order valence-corrected chi connectivity index (χ0v) is 16.0. The molecule has 2 aliphatic rings. The second kappa shape index (κ2) is 7.07. The molecule has 1 N–H and O–H groups in total. The zero-order valence-electron chi connectivity index (χ0n) is 15.2. The molecule has 148 valence electrons. The third kappa shape index (κ3) is 3.21. The van der Waals surface area contributed by atoms with Crippen LogP contribution in [-0.2, 0) is 0 Å². The molecule has 1 saturated carbocycles. The topological polar surface area (TPSA) is 88.8 Å². The molecule has 2 fully saturated rings. The SMILES string of the molecule is O=C(c1cccc(F)c1-n1nccn1)N1C[C@H]2C[C@@H](Nc3ncc(Cl)cn3)[C@@H]1C2. The molecule has 2 aromatic heterocycles. The van der Waals surface area contributed by atoms with Crippen LogP contribution in [0.25, 0.3) is 5.69 Å². The van der Waals surface area contributed by atoms with Crippen molar-refractivity contribution in [1.29, 1.82) is 0 Å². The highest BCUT2D eigenvalue weighted by molar-refractivity contribution is 6.30. The van der Waals surface area contributed by atoms with Crippen LogP contribution in [0.2, 0.25) is 5.02 Å². The van der Waals surface area contributed by atoms with Crippen LogP contribution in [0.15, 0.2) is 43.0 Å². The van der Waals surface area contributed by atoms with Gasteiger partial charge in [0.25, 0.3) is 5.91 Å². The number of carbonyl (C=O) groups excluding carboxylic acids is 1. The van der Waals surface area contributed by atoms with Gasteiger partial charge >= 0.3 is 0 Å². The van der Waals surface area contributed by atoms with Crippen molar-refractivity contribution < 1.29 is 9.18 Å². The summed E-state index contributed by atoms with van der Waals surface area (Å²) in [6, 6.07) is 4.45. The molecular formula is C19H17ClFN7O. The number of fused-ring (bicyclic) bond motifs is 2. The number of piperidine rings is 1. The van der Waals surface area contributed by atoms with Crippen molar-refractivity contribution in [3.63, 3.8) is 0 Å². The fourth-order valence-corrected chi connectivity index (χ4v) is 4.44. The Kier molecular flexibility index (Phi) is 4.39. The number of carbonyl (C=O) groups is 1. The molecule has 2 bridgehead atoms. The maximum Gasteiger partial charge on any atom is 0.256 e. The summed E-state index contributed by atoms with van der Waals surface area (Å²) < 4.78 is 14.5. The van der Waals surface area contributed by atoms with Gasteiger partial charge < -0.3 is 10.2 Å². The molecule has 1 amide bonds. The van der Waals surface area contributed by atoms with Gasteiger partial charge in [-0.25, -0.2) is 14.4 Å². The third-order valence-corrected chi connectivity index (χ3v) is 5.71. The van der Waals surface area contributed by atoms with Crippen LogP contribution >= 0.6 is 11.6 Å². The van der Waals surface area contributed by atoms with E-state index in [1.54, 1.807) is 6.07 Å².